The minimum Gasteiger partial charge on any atom is -0.454 e. The van der Waals surface area contributed by atoms with Crippen LogP contribution in [0.3, 0.4) is 0 Å². The lowest BCUT2D eigenvalue weighted by atomic mass is 10.1. The van der Waals surface area contributed by atoms with Crippen molar-refractivity contribution in [1.29, 1.82) is 0 Å². The Morgan fingerprint density at radius 3 is 2.92 bits per heavy atom. The van der Waals surface area contributed by atoms with Crippen molar-refractivity contribution in [3.05, 3.63) is 12.2 Å². The SMILES string of the molecule is COCC1OC(=O)C=CC1OC. The first-order valence-electron chi connectivity index (χ1n) is 3.68. The van der Waals surface area contributed by atoms with Gasteiger partial charge in [0.25, 0.3) is 0 Å². The lowest BCUT2D eigenvalue weighted by Gasteiger charge is -2.25. The quantitative estimate of drug-likeness (QED) is 0.567. The van der Waals surface area contributed by atoms with Gasteiger partial charge in [-0.1, -0.05) is 0 Å². The molecule has 1 rings (SSSR count). The summed E-state index contributed by atoms with van der Waals surface area (Å²) in [5.74, 6) is -0.342. The summed E-state index contributed by atoms with van der Waals surface area (Å²) in [6, 6.07) is 0. The number of cyclic esters (lactones) is 1. The first-order chi connectivity index (χ1) is 5.77. The third-order valence-electron chi connectivity index (χ3n) is 1.66. The molecule has 0 spiro atoms. The molecular weight excluding hydrogens is 160 g/mol. The van der Waals surface area contributed by atoms with Crippen LogP contribution in [0.4, 0.5) is 0 Å². The molecule has 0 N–H and O–H groups in total. The molecule has 68 valence electrons. The highest BCUT2D eigenvalue weighted by atomic mass is 16.6. The van der Waals surface area contributed by atoms with Gasteiger partial charge in [0, 0.05) is 20.3 Å². The fraction of sp³-hybridized carbons (Fsp3) is 0.625. The fourth-order valence-corrected chi connectivity index (χ4v) is 1.08. The van der Waals surface area contributed by atoms with Gasteiger partial charge in [0.05, 0.1) is 6.61 Å². The van der Waals surface area contributed by atoms with E-state index in [1.54, 1.807) is 20.3 Å². The highest BCUT2D eigenvalue weighted by Gasteiger charge is 2.26. The molecule has 0 saturated carbocycles. The minimum absolute atomic E-state index is 0.192. The third kappa shape index (κ3) is 2.06. The molecular formula is C8H12O4. The molecule has 0 amide bonds. The van der Waals surface area contributed by atoms with Gasteiger partial charge in [-0.15, -0.1) is 0 Å². The smallest absolute Gasteiger partial charge is 0.330 e. The van der Waals surface area contributed by atoms with Gasteiger partial charge in [-0.2, -0.15) is 0 Å². The molecule has 0 bridgehead atoms. The largest absolute Gasteiger partial charge is 0.454 e. The molecule has 2 atom stereocenters. The molecule has 0 radical (unpaired) electrons. The van der Waals surface area contributed by atoms with Gasteiger partial charge in [-0.05, 0) is 6.08 Å². The van der Waals surface area contributed by atoms with Gasteiger partial charge in [-0.25, -0.2) is 4.79 Å². The highest BCUT2D eigenvalue weighted by Crippen LogP contribution is 2.11. The summed E-state index contributed by atoms with van der Waals surface area (Å²) in [6.45, 7) is 0.356. The van der Waals surface area contributed by atoms with Crippen LogP contribution in [0.1, 0.15) is 0 Å². The number of esters is 1. The Morgan fingerprint density at radius 2 is 2.33 bits per heavy atom. The first-order valence-corrected chi connectivity index (χ1v) is 3.68. The molecule has 0 aromatic heterocycles. The third-order valence-corrected chi connectivity index (χ3v) is 1.66. The van der Waals surface area contributed by atoms with E-state index in [0.717, 1.165) is 0 Å². The van der Waals surface area contributed by atoms with Crippen molar-refractivity contribution in [1.82, 2.24) is 0 Å². The first kappa shape index (κ1) is 9.22. The second-order valence-corrected chi connectivity index (χ2v) is 2.49. The van der Waals surface area contributed by atoms with Crippen molar-refractivity contribution in [3.63, 3.8) is 0 Å². The maximum Gasteiger partial charge on any atom is 0.330 e. The molecule has 0 fully saturated rings. The van der Waals surface area contributed by atoms with E-state index in [4.69, 9.17) is 14.2 Å². The van der Waals surface area contributed by atoms with E-state index in [1.807, 2.05) is 0 Å². The van der Waals surface area contributed by atoms with Crippen LogP contribution in [-0.2, 0) is 19.0 Å². The topological polar surface area (TPSA) is 44.8 Å². The number of rotatable bonds is 3. The van der Waals surface area contributed by atoms with Gasteiger partial charge in [0.1, 0.15) is 6.10 Å². The van der Waals surface area contributed by atoms with Crippen LogP contribution in [0.25, 0.3) is 0 Å². The monoisotopic (exact) mass is 172 g/mol. The summed E-state index contributed by atoms with van der Waals surface area (Å²) in [5, 5.41) is 0. The molecule has 1 aliphatic heterocycles. The van der Waals surface area contributed by atoms with Gasteiger partial charge < -0.3 is 14.2 Å². The van der Waals surface area contributed by atoms with Crippen molar-refractivity contribution in [2.24, 2.45) is 0 Å². The maximum atomic E-state index is 10.8. The normalized spacial score (nSPS) is 28.7. The predicted octanol–water partition coefficient (Wildman–Crippen LogP) is 0.129. The molecule has 0 aromatic carbocycles. The van der Waals surface area contributed by atoms with E-state index in [1.165, 1.54) is 6.08 Å². The van der Waals surface area contributed by atoms with E-state index in [9.17, 15) is 4.79 Å². The van der Waals surface area contributed by atoms with Crippen LogP contribution in [0.2, 0.25) is 0 Å². The zero-order valence-electron chi connectivity index (χ0n) is 7.15. The van der Waals surface area contributed by atoms with E-state index in [2.05, 4.69) is 0 Å². The van der Waals surface area contributed by atoms with Crippen molar-refractivity contribution in [3.8, 4) is 0 Å². The molecule has 1 heterocycles. The van der Waals surface area contributed by atoms with Crippen LogP contribution < -0.4 is 0 Å². The minimum atomic E-state index is -0.342. The lowest BCUT2D eigenvalue weighted by Crippen LogP contribution is -2.37. The highest BCUT2D eigenvalue weighted by molar-refractivity contribution is 5.83. The number of ether oxygens (including phenoxy) is 3. The maximum absolute atomic E-state index is 10.8. The molecule has 0 saturated heterocycles. The number of hydrogen-bond donors (Lipinski definition) is 0. The predicted molar refractivity (Wildman–Crippen MR) is 41.7 cm³/mol. The second kappa shape index (κ2) is 4.23. The summed E-state index contributed by atoms with van der Waals surface area (Å²) in [7, 11) is 3.12. The number of carbonyl (C=O) groups excluding carboxylic acids is 1. The van der Waals surface area contributed by atoms with Gasteiger partial charge in [0.2, 0.25) is 0 Å². The zero-order chi connectivity index (χ0) is 8.97. The second-order valence-electron chi connectivity index (χ2n) is 2.49. The Labute approximate surface area is 71.1 Å². The van der Waals surface area contributed by atoms with Crippen LogP contribution in [0.5, 0.6) is 0 Å². The number of carbonyl (C=O) groups is 1. The Bertz CT molecular complexity index is 187. The molecule has 4 nitrogen and oxygen atoms in total. The van der Waals surface area contributed by atoms with Gasteiger partial charge in [0.15, 0.2) is 6.10 Å². The number of hydrogen-bond acceptors (Lipinski definition) is 4. The van der Waals surface area contributed by atoms with Gasteiger partial charge in [-0.3, -0.25) is 0 Å². The summed E-state index contributed by atoms with van der Waals surface area (Å²) < 4.78 is 14.9. The molecule has 12 heavy (non-hydrogen) atoms. The zero-order valence-corrected chi connectivity index (χ0v) is 7.15. The molecule has 0 aliphatic carbocycles. The van der Waals surface area contributed by atoms with Crippen molar-refractivity contribution < 1.29 is 19.0 Å². The average molecular weight is 172 g/mol. The molecule has 1 aliphatic rings. The Balaban J connectivity index is 2.58. The summed E-state index contributed by atoms with van der Waals surface area (Å²) in [5.41, 5.74) is 0. The van der Waals surface area contributed by atoms with E-state index in [0.29, 0.717) is 6.61 Å². The Kier molecular flexibility index (Phi) is 3.25. The summed E-state index contributed by atoms with van der Waals surface area (Å²) >= 11 is 0. The average Bonchev–Trinajstić information content (AvgIpc) is 2.05. The summed E-state index contributed by atoms with van der Waals surface area (Å²) in [6.07, 6.45) is 2.52. The summed E-state index contributed by atoms with van der Waals surface area (Å²) in [4.78, 5) is 10.8. The fourth-order valence-electron chi connectivity index (χ4n) is 1.08. The molecule has 4 heteroatoms. The number of methoxy groups -OCH3 is 2. The standard InChI is InChI=1S/C8H12O4/c1-10-5-7-6(11-2)3-4-8(9)12-7/h3-4,6-7H,5H2,1-2H3. The van der Waals surface area contributed by atoms with E-state index < -0.39 is 0 Å². The van der Waals surface area contributed by atoms with Crippen molar-refractivity contribution in [2.75, 3.05) is 20.8 Å². The lowest BCUT2D eigenvalue weighted by molar-refractivity contribution is -0.154. The van der Waals surface area contributed by atoms with Crippen LogP contribution in [0, 0.1) is 0 Å². The van der Waals surface area contributed by atoms with Crippen molar-refractivity contribution in [2.45, 2.75) is 12.2 Å². The molecule has 2 unspecified atom stereocenters. The Morgan fingerprint density at radius 1 is 1.58 bits per heavy atom. The van der Waals surface area contributed by atoms with E-state index in [-0.39, 0.29) is 18.2 Å². The molecule has 0 aromatic rings. The van der Waals surface area contributed by atoms with Crippen molar-refractivity contribution >= 4 is 5.97 Å². The van der Waals surface area contributed by atoms with Gasteiger partial charge >= 0.3 is 5.97 Å². The van der Waals surface area contributed by atoms with Crippen LogP contribution in [-0.4, -0.2) is 39.0 Å². The van der Waals surface area contributed by atoms with Crippen LogP contribution in [0.15, 0.2) is 12.2 Å². The van der Waals surface area contributed by atoms with E-state index >= 15 is 0 Å². The van der Waals surface area contributed by atoms with Crippen LogP contribution >= 0.6 is 0 Å². The Hall–Kier alpha value is -0.870.